The number of ether oxygens (including phenoxy) is 1. The smallest absolute Gasteiger partial charge is 0.274 e. The molecule has 0 atom stereocenters. The Balaban J connectivity index is 1.69. The van der Waals surface area contributed by atoms with Crippen LogP contribution in [0.2, 0.25) is 0 Å². The Morgan fingerprint density at radius 1 is 1.22 bits per heavy atom. The quantitative estimate of drug-likeness (QED) is 0.693. The summed E-state index contributed by atoms with van der Waals surface area (Å²) in [5, 5.41) is 11.3. The summed E-state index contributed by atoms with van der Waals surface area (Å²) in [5.41, 5.74) is 3.97. The lowest BCUT2D eigenvalue weighted by atomic mass is 10.1. The fraction of sp³-hybridized carbons (Fsp3) is 0.350. The van der Waals surface area contributed by atoms with E-state index in [0.29, 0.717) is 31.2 Å². The van der Waals surface area contributed by atoms with Crippen LogP contribution in [0.15, 0.2) is 34.9 Å². The number of hydrogen-bond acceptors (Lipinski definition) is 5. The van der Waals surface area contributed by atoms with Crippen LogP contribution in [-0.2, 0) is 13.1 Å². The van der Waals surface area contributed by atoms with Gasteiger partial charge in [-0.2, -0.15) is 5.10 Å². The molecule has 0 saturated heterocycles. The summed E-state index contributed by atoms with van der Waals surface area (Å²) in [6.45, 7) is 9.13. The molecule has 2 aromatic heterocycles. The molecule has 3 aromatic rings. The van der Waals surface area contributed by atoms with Gasteiger partial charge in [0.05, 0.1) is 18.8 Å². The normalized spacial score (nSPS) is 10.8. The second-order valence-corrected chi connectivity index (χ2v) is 6.41. The van der Waals surface area contributed by atoms with Crippen molar-refractivity contribution < 1.29 is 14.1 Å². The van der Waals surface area contributed by atoms with Crippen LogP contribution in [0.3, 0.4) is 0 Å². The summed E-state index contributed by atoms with van der Waals surface area (Å²) >= 11 is 0. The van der Waals surface area contributed by atoms with Gasteiger partial charge < -0.3 is 14.6 Å². The first-order valence-corrected chi connectivity index (χ1v) is 8.94. The molecule has 1 aromatic carbocycles. The molecular weight excluding hydrogens is 344 g/mol. The number of nitrogens with zero attached hydrogens (tertiary/aromatic N) is 3. The molecule has 3 rings (SSSR count). The van der Waals surface area contributed by atoms with Gasteiger partial charge >= 0.3 is 0 Å². The number of rotatable bonds is 7. The fourth-order valence-corrected chi connectivity index (χ4v) is 2.88. The maximum absolute atomic E-state index is 12.6. The van der Waals surface area contributed by atoms with Crippen molar-refractivity contribution in [2.75, 3.05) is 6.61 Å². The lowest BCUT2D eigenvalue weighted by Crippen LogP contribution is -2.24. The van der Waals surface area contributed by atoms with Crippen LogP contribution in [-0.4, -0.2) is 27.5 Å². The Hall–Kier alpha value is -3.09. The second kappa shape index (κ2) is 8.07. The predicted molar refractivity (Wildman–Crippen MR) is 101 cm³/mol. The minimum atomic E-state index is -0.266. The van der Waals surface area contributed by atoms with Gasteiger partial charge in [0, 0.05) is 17.8 Å². The molecule has 142 valence electrons. The molecule has 7 nitrogen and oxygen atoms in total. The van der Waals surface area contributed by atoms with Crippen LogP contribution >= 0.6 is 0 Å². The summed E-state index contributed by atoms with van der Waals surface area (Å²) in [7, 11) is 0. The molecule has 0 aliphatic rings. The fourth-order valence-electron chi connectivity index (χ4n) is 2.88. The third kappa shape index (κ3) is 4.36. The van der Waals surface area contributed by atoms with Gasteiger partial charge in [-0.15, -0.1) is 0 Å². The van der Waals surface area contributed by atoms with Gasteiger partial charge in [-0.05, 0) is 51.5 Å². The maximum Gasteiger partial charge on any atom is 0.274 e. The number of benzene rings is 1. The van der Waals surface area contributed by atoms with Crippen LogP contribution in [0.5, 0.6) is 5.75 Å². The van der Waals surface area contributed by atoms with Gasteiger partial charge in [0.2, 0.25) is 0 Å². The van der Waals surface area contributed by atoms with Gasteiger partial charge in [0.1, 0.15) is 11.5 Å². The number of aromatic nitrogens is 3. The van der Waals surface area contributed by atoms with Crippen molar-refractivity contribution in [2.24, 2.45) is 0 Å². The summed E-state index contributed by atoms with van der Waals surface area (Å²) < 4.78 is 12.5. The molecule has 0 bridgehead atoms. The zero-order chi connectivity index (χ0) is 19.4. The molecule has 1 N–H and O–H groups in total. The first-order chi connectivity index (χ1) is 13.0. The lowest BCUT2D eigenvalue weighted by molar-refractivity contribution is 0.0941. The molecule has 0 spiro atoms. The molecule has 27 heavy (non-hydrogen) atoms. The average Bonchev–Trinajstić information content (AvgIpc) is 3.16. The van der Waals surface area contributed by atoms with E-state index < -0.39 is 0 Å². The monoisotopic (exact) mass is 368 g/mol. The molecule has 0 fully saturated rings. The summed E-state index contributed by atoms with van der Waals surface area (Å²) in [5.74, 6) is 1.16. The van der Waals surface area contributed by atoms with Crippen molar-refractivity contribution in [3.63, 3.8) is 0 Å². The van der Waals surface area contributed by atoms with Crippen LogP contribution in [0.25, 0.3) is 0 Å². The van der Waals surface area contributed by atoms with E-state index in [-0.39, 0.29) is 5.91 Å². The SMILES string of the molecule is CCOc1ccc(CNC(=O)c2noc(C)c2Cn2nc(C)cc2C)cc1. The lowest BCUT2D eigenvalue weighted by Gasteiger charge is -2.08. The summed E-state index contributed by atoms with van der Waals surface area (Å²) in [4.78, 5) is 12.6. The van der Waals surface area contributed by atoms with Crippen LogP contribution in [0, 0.1) is 20.8 Å². The number of aryl methyl sites for hydroxylation is 3. The minimum Gasteiger partial charge on any atom is -0.494 e. The topological polar surface area (TPSA) is 82.2 Å². The van der Waals surface area contributed by atoms with E-state index in [2.05, 4.69) is 15.6 Å². The molecule has 0 aliphatic carbocycles. The highest BCUT2D eigenvalue weighted by atomic mass is 16.5. The van der Waals surface area contributed by atoms with Gasteiger partial charge in [0.25, 0.3) is 5.91 Å². The Kier molecular flexibility index (Phi) is 5.59. The van der Waals surface area contributed by atoms with Crippen molar-refractivity contribution >= 4 is 5.91 Å². The first-order valence-electron chi connectivity index (χ1n) is 8.94. The number of hydrogen-bond donors (Lipinski definition) is 1. The molecule has 0 unspecified atom stereocenters. The van der Waals surface area contributed by atoms with Crippen LogP contribution < -0.4 is 10.1 Å². The number of nitrogens with one attached hydrogen (secondary N) is 1. The van der Waals surface area contributed by atoms with E-state index in [1.165, 1.54) is 0 Å². The third-order valence-electron chi connectivity index (χ3n) is 4.30. The van der Waals surface area contributed by atoms with Gasteiger partial charge in [-0.25, -0.2) is 0 Å². The van der Waals surface area contributed by atoms with E-state index >= 15 is 0 Å². The molecule has 7 heteroatoms. The second-order valence-electron chi connectivity index (χ2n) is 6.41. The zero-order valence-corrected chi connectivity index (χ0v) is 16.1. The minimum absolute atomic E-state index is 0.266. The first kappa shape index (κ1) is 18.7. The third-order valence-corrected chi connectivity index (χ3v) is 4.30. The largest absolute Gasteiger partial charge is 0.494 e. The van der Waals surface area contributed by atoms with Crippen LogP contribution in [0.4, 0.5) is 0 Å². The Bertz CT molecular complexity index is 925. The van der Waals surface area contributed by atoms with Crippen molar-refractivity contribution in [2.45, 2.75) is 40.8 Å². The van der Waals surface area contributed by atoms with Gasteiger partial charge in [0.15, 0.2) is 5.69 Å². The Morgan fingerprint density at radius 3 is 2.59 bits per heavy atom. The van der Waals surface area contributed by atoms with E-state index in [1.54, 1.807) is 6.92 Å². The molecule has 0 radical (unpaired) electrons. The highest BCUT2D eigenvalue weighted by Crippen LogP contribution is 2.17. The Labute approximate surface area is 158 Å². The molecular formula is C20H24N4O3. The zero-order valence-electron chi connectivity index (χ0n) is 16.1. The van der Waals surface area contributed by atoms with E-state index in [4.69, 9.17) is 9.26 Å². The molecule has 2 heterocycles. The average molecular weight is 368 g/mol. The Morgan fingerprint density at radius 2 is 1.96 bits per heavy atom. The number of carbonyl (C=O) groups is 1. The number of carbonyl (C=O) groups excluding carboxylic acids is 1. The van der Waals surface area contributed by atoms with Crippen molar-refractivity contribution in [3.8, 4) is 5.75 Å². The maximum atomic E-state index is 12.6. The molecule has 1 amide bonds. The van der Waals surface area contributed by atoms with Gasteiger partial charge in [-0.1, -0.05) is 17.3 Å². The molecule has 0 aliphatic heterocycles. The molecule has 0 saturated carbocycles. The highest BCUT2D eigenvalue weighted by Gasteiger charge is 2.20. The van der Waals surface area contributed by atoms with Crippen molar-refractivity contribution in [3.05, 3.63) is 64.3 Å². The van der Waals surface area contributed by atoms with E-state index in [9.17, 15) is 4.79 Å². The highest BCUT2D eigenvalue weighted by molar-refractivity contribution is 5.93. The van der Waals surface area contributed by atoms with Crippen molar-refractivity contribution in [1.29, 1.82) is 0 Å². The number of amides is 1. The van der Waals surface area contributed by atoms with E-state index in [0.717, 1.165) is 28.3 Å². The standard InChI is InChI=1S/C20H24N4O3/c1-5-26-17-8-6-16(7-9-17)11-21-20(25)19-18(15(4)27-23-19)12-24-14(3)10-13(2)22-24/h6-10H,5,11-12H2,1-4H3,(H,21,25). The predicted octanol–water partition coefficient (Wildman–Crippen LogP) is 3.17. The van der Waals surface area contributed by atoms with Gasteiger partial charge in [-0.3, -0.25) is 9.48 Å². The van der Waals surface area contributed by atoms with Crippen molar-refractivity contribution in [1.82, 2.24) is 20.3 Å². The van der Waals surface area contributed by atoms with E-state index in [1.807, 2.05) is 55.8 Å². The summed E-state index contributed by atoms with van der Waals surface area (Å²) in [6, 6.07) is 9.62. The van der Waals surface area contributed by atoms with Crippen LogP contribution in [0.1, 0.15) is 45.7 Å². The summed E-state index contributed by atoms with van der Waals surface area (Å²) in [6.07, 6.45) is 0.